The van der Waals surface area contributed by atoms with Gasteiger partial charge >= 0.3 is 6.01 Å². The monoisotopic (exact) mass is 223 g/mol. The molecule has 0 radical (unpaired) electrons. The Balaban J connectivity index is 1.94. The molecule has 0 fully saturated rings. The molecular weight excluding hydrogens is 214 g/mol. The van der Waals surface area contributed by atoms with Crippen molar-refractivity contribution >= 4 is 17.9 Å². The molecule has 0 aliphatic heterocycles. The molecule has 9 heteroatoms. The van der Waals surface area contributed by atoms with Gasteiger partial charge in [-0.25, -0.2) is 9.67 Å². The smallest absolute Gasteiger partial charge is 0.328 e. The Labute approximate surface area is 89.6 Å². The van der Waals surface area contributed by atoms with Crippen molar-refractivity contribution in [2.75, 3.05) is 11.1 Å². The quantitative estimate of drug-likeness (QED) is 0.696. The van der Waals surface area contributed by atoms with Gasteiger partial charge < -0.3 is 10.3 Å². The van der Waals surface area contributed by atoms with Crippen molar-refractivity contribution in [1.29, 1.82) is 0 Å². The number of nitrogens with one attached hydrogen (secondary N) is 1. The molecule has 16 heavy (non-hydrogen) atoms. The Morgan fingerprint density at radius 3 is 3.06 bits per heavy atom. The lowest BCUT2D eigenvalue weighted by atomic mass is 10.6. The lowest BCUT2D eigenvalue weighted by Gasteiger charge is -1.98. The molecule has 2 aromatic rings. The molecule has 0 bridgehead atoms. The molecule has 9 nitrogen and oxygen atoms in total. The van der Waals surface area contributed by atoms with Gasteiger partial charge in [-0.15, -0.1) is 5.10 Å². The third-order valence-electron chi connectivity index (χ3n) is 1.63. The van der Waals surface area contributed by atoms with E-state index in [2.05, 4.69) is 25.5 Å². The Bertz CT molecular complexity index is 458. The lowest BCUT2D eigenvalue weighted by molar-refractivity contribution is -0.117. The van der Waals surface area contributed by atoms with Gasteiger partial charge in [0.25, 0.3) is 0 Å². The van der Waals surface area contributed by atoms with Crippen molar-refractivity contribution in [1.82, 2.24) is 24.9 Å². The van der Waals surface area contributed by atoms with E-state index in [-0.39, 0.29) is 24.4 Å². The first-order valence-electron chi connectivity index (χ1n) is 4.38. The van der Waals surface area contributed by atoms with E-state index in [9.17, 15) is 4.79 Å². The standard InChI is InChI=1S/C7H9N7O2/c1-4-10-7(16-13-4)11-5(15)2-14-3-9-6(8)12-14/h3H,2H2,1H3,(H2,8,12)(H,10,11,13,15). The Hall–Kier alpha value is -2.45. The number of aromatic nitrogens is 5. The van der Waals surface area contributed by atoms with Crippen LogP contribution in [0.2, 0.25) is 0 Å². The van der Waals surface area contributed by atoms with Crippen LogP contribution in [0, 0.1) is 6.92 Å². The number of hydrogen-bond donors (Lipinski definition) is 2. The largest absolute Gasteiger partial charge is 0.367 e. The number of hydrogen-bond acceptors (Lipinski definition) is 7. The van der Waals surface area contributed by atoms with Crippen LogP contribution in [-0.2, 0) is 11.3 Å². The number of anilines is 2. The van der Waals surface area contributed by atoms with Gasteiger partial charge in [-0.05, 0) is 6.92 Å². The zero-order chi connectivity index (χ0) is 11.5. The first kappa shape index (κ1) is 10.1. The summed E-state index contributed by atoms with van der Waals surface area (Å²) in [6.07, 6.45) is 1.36. The lowest BCUT2D eigenvalue weighted by Crippen LogP contribution is -2.19. The van der Waals surface area contributed by atoms with E-state index in [1.807, 2.05) is 0 Å². The van der Waals surface area contributed by atoms with E-state index in [1.54, 1.807) is 6.92 Å². The van der Waals surface area contributed by atoms with Crippen LogP contribution in [-0.4, -0.2) is 30.8 Å². The fourth-order valence-electron chi connectivity index (χ4n) is 1.04. The van der Waals surface area contributed by atoms with Gasteiger partial charge in [0.05, 0.1) is 0 Å². The molecule has 0 saturated heterocycles. The minimum atomic E-state index is -0.353. The summed E-state index contributed by atoms with van der Waals surface area (Å²) in [5.74, 6) is 0.204. The molecule has 0 atom stereocenters. The molecule has 2 aromatic heterocycles. The SMILES string of the molecule is Cc1noc(NC(=O)Cn2cnc(N)n2)n1. The molecule has 84 valence electrons. The maximum absolute atomic E-state index is 11.4. The maximum Gasteiger partial charge on any atom is 0.328 e. The van der Waals surface area contributed by atoms with E-state index in [4.69, 9.17) is 10.3 Å². The number of amides is 1. The Kier molecular flexibility index (Phi) is 2.50. The van der Waals surface area contributed by atoms with Gasteiger partial charge in [-0.1, -0.05) is 5.16 Å². The Morgan fingerprint density at radius 2 is 2.50 bits per heavy atom. The maximum atomic E-state index is 11.4. The normalized spacial score (nSPS) is 10.3. The molecule has 0 aliphatic rings. The molecule has 0 aromatic carbocycles. The molecule has 0 unspecified atom stereocenters. The second-order valence-electron chi connectivity index (χ2n) is 3.00. The van der Waals surface area contributed by atoms with Crippen LogP contribution in [0.3, 0.4) is 0 Å². The summed E-state index contributed by atoms with van der Waals surface area (Å²) in [7, 11) is 0. The highest BCUT2D eigenvalue weighted by atomic mass is 16.5. The topological polar surface area (TPSA) is 125 Å². The summed E-state index contributed by atoms with van der Waals surface area (Å²) < 4.78 is 6.01. The molecule has 0 spiro atoms. The second-order valence-corrected chi connectivity index (χ2v) is 3.00. The summed E-state index contributed by atoms with van der Waals surface area (Å²) in [5, 5.41) is 9.69. The van der Waals surface area contributed by atoms with E-state index >= 15 is 0 Å². The van der Waals surface area contributed by atoms with Gasteiger partial charge in [-0.2, -0.15) is 4.98 Å². The van der Waals surface area contributed by atoms with Crippen LogP contribution in [0.15, 0.2) is 10.9 Å². The van der Waals surface area contributed by atoms with Crippen molar-refractivity contribution in [3.63, 3.8) is 0 Å². The predicted molar refractivity (Wildman–Crippen MR) is 52.1 cm³/mol. The van der Waals surface area contributed by atoms with E-state index in [1.165, 1.54) is 11.0 Å². The van der Waals surface area contributed by atoms with E-state index in [0.29, 0.717) is 5.82 Å². The van der Waals surface area contributed by atoms with E-state index in [0.717, 1.165) is 0 Å². The highest BCUT2D eigenvalue weighted by Gasteiger charge is 2.09. The minimum absolute atomic E-state index is 0.0222. The number of carbonyl (C=O) groups excluding carboxylic acids is 1. The Morgan fingerprint density at radius 1 is 1.69 bits per heavy atom. The number of aryl methyl sites for hydroxylation is 1. The summed E-state index contributed by atoms with van der Waals surface area (Å²) in [5.41, 5.74) is 5.29. The summed E-state index contributed by atoms with van der Waals surface area (Å²) in [4.78, 5) is 18.9. The third kappa shape index (κ3) is 2.32. The van der Waals surface area contributed by atoms with Gasteiger partial charge in [0.15, 0.2) is 5.82 Å². The first-order chi connectivity index (χ1) is 7.63. The number of nitrogens with two attached hydrogens (primary N) is 1. The number of nitrogen functional groups attached to an aromatic ring is 1. The molecule has 2 heterocycles. The summed E-state index contributed by atoms with van der Waals surface area (Å²) in [6, 6.07) is 0.0515. The fraction of sp³-hybridized carbons (Fsp3) is 0.286. The highest BCUT2D eigenvalue weighted by Crippen LogP contribution is 2.02. The third-order valence-corrected chi connectivity index (χ3v) is 1.63. The average Bonchev–Trinajstić information content (AvgIpc) is 2.76. The van der Waals surface area contributed by atoms with Crippen LogP contribution in [0.5, 0.6) is 0 Å². The van der Waals surface area contributed by atoms with Crippen molar-refractivity contribution in [2.45, 2.75) is 13.5 Å². The van der Waals surface area contributed by atoms with E-state index < -0.39 is 0 Å². The molecule has 2 rings (SSSR count). The average molecular weight is 223 g/mol. The van der Waals surface area contributed by atoms with Crippen molar-refractivity contribution in [2.24, 2.45) is 0 Å². The molecule has 3 N–H and O–H groups in total. The predicted octanol–water partition coefficient (Wildman–Crippen LogP) is -0.810. The molecule has 1 amide bonds. The molecule has 0 aliphatic carbocycles. The van der Waals surface area contributed by atoms with Gasteiger partial charge in [-0.3, -0.25) is 10.1 Å². The van der Waals surface area contributed by atoms with Crippen LogP contribution in [0.4, 0.5) is 12.0 Å². The van der Waals surface area contributed by atoms with Crippen molar-refractivity contribution < 1.29 is 9.32 Å². The van der Waals surface area contributed by atoms with Crippen LogP contribution in [0.25, 0.3) is 0 Å². The minimum Gasteiger partial charge on any atom is -0.367 e. The number of rotatable bonds is 3. The molecule has 0 saturated carbocycles. The van der Waals surface area contributed by atoms with Crippen LogP contribution >= 0.6 is 0 Å². The van der Waals surface area contributed by atoms with Gasteiger partial charge in [0, 0.05) is 0 Å². The van der Waals surface area contributed by atoms with Gasteiger partial charge in [0.1, 0.15) is 12.9 Å². The highest BCUT2D eigenvalue weighted by molar-refractivity contribution is 5.88. The molecular formula is C7H9N7O2. The van der Waals surface area contributed by atoms with Crippen molar-refractivity contribution in [3.05, 3.63) is 12.2 Å². The zero-order valence-electron chi connectivity index (χ0n) is 8.41. The summed E-state index contributed by atoms with van der Waals surface area (Å²) in [6.45, 7) is 1.63. The van der Waals surface area contributed by atoms with Crippen LogP contribution < -0.4 is 11.1 Å². The summed E-state index contributed by atoms with van der Waals surface area (Å²) >= 11 is 0. The number of nitrogens with zero attached hydrogens (tertiary/aromatic N) is 5. The number of carbonyl (C=O) groups is 1. The van der Waals surface area contributed by atoms with Crippen LogP contribution in [0.1, 0.15) is 5.82 Å². The van der Waals surface area contributed by atoms with Crippen molar-refractivity contribution in [3.8, 4) is 0 Å². The first-order valence-corrected chi connectivity index (χ1v) is 4.38. The fourth-order valence-corrected chi connectivity index (χ4v) is 1.04. The zero-order valence-corrected chi connectivity index (χ0v) is 8.41. The van der Waals surface area contributed by atoms with Gasteiger partial charge in [0.2, 0.25) is 11.9 Å². The second kappa shape index (κ2) is 3.96.